The van der Waals surface area contributed by atoms with Gasteiger partial charge in [-0.05, 0) is 49.7 Å². The van der Waals surface area contributed by atoms with E-state index in [9.17, 15) is 10.4 Å². The van der Waals surface area contributed by atoms with Gasteiger partial charge in [0.1, 0.15) is 11.6 Å². The number of phenolic OH excluding ortho intramolecular Hbond substituents is 1. The summed E-state index contributed by atoms with van der Waals surface area (Å²) in [7, 11) is 0. The van der Waals surface area contributed by atoms with E-state index in [0.29, 0.717) is 40.2 Å². The van der Waals surface area contributed by atoms with Gasteiger partial charge in [-0.2, -0.15) is 10.4 Å². The highest BCUT2D eigenvalue weighted by atomic mass is 35.5. The Morgan fingerprint density at radius 3 is 2.83 bits per heavy atom. The number of phenols is 1. The van der Waals surface area contributed by atoms with Crippen molar-refractivity contribution in [2.75, 3.05) is 6.61 Å². The maximum absolute atomic E-state index is 10.1. The first-order chi connectivity index (χ1) is 14.4. The Hall–Kier alpha value is -3.63. The SMILES string of the molecule is CCOc1cc(C2C(C#N)=C(N)Oc3c2c(C)nn3-c2cccc(Cl)c2)ccc1O. The van der Waals surface area contributed by atoms with Crippen molar-refractivity contribution in [1.82, 2.24) is 9.78 Å². The van der Waals surface area contributed by atoms with E-state index in [1.54, 1.807) is 28.9 Å². The van der Waals surface area contributed by atoms with Crippen molar-refractivity contribution in [2.24, 2.45) is 5.73 Å². The molecular weight excluding hydrogens is 404 g/mol. The number of ether oxygens (including phenoxy) is 2. The number of aryl methyl sites for hydroxylation is 1. The first kappa shape index (κ1) is 19.7. The van der Waals surface area contributed by atoms with Gasteiger partial charge < -0.3 is 20.3 Å². The van der Waals surface area contributed by atoms with Crippen LogP contribution >= 0.6 is 11.6 Å². The van der Waals surface area contributed by atoms with Crippen molar-refractivity contribution in [2.45, 2.75) is 19.8 Å². The van der Waals surface area contributed by atoms with Crippen molar-refractivity contribution in [3.8, 4) is 29.1 Å². The van der Waals surface area contributed by atoms with Crippen LogP contribution in [-0.2, 0) is 0 Å². The Balaban J connectivity index is 1.93. The van der Waals surface area contributed by atoms with Crippen molar-refractivity contribution in [3.05, 3.63) is 75.8 Å². The summed E-state index contributed by atoms with van der Waals surface area (Å²) < 4.78 is 13.0. The number of hydrogen-bond donors (Lipinski definition) is 2. The zero-order valence-electron chi connectivity index (χ0n) is 16.4. The molecule has 1 atom stereocenters. The van der Waals surface area contributed by atoms with Crippen LogP contribution in [0.5, 0.6) is 17.4 Å². The lowest BCUT2D eigenvalue weighted by Crippen LogP contribution is -2.22. The van der Waals surface area contributed by atoms with Gasteiger partial charge in [0.2, 0.25) is 11.8 Å². The second-order valence-electron chi connectivity index (χ2n) is 6.78. The first-order valence-electron chi connectivity index (χ1n) is 9.33. The number of hydrogen-bond acceptors (Lipinski definition) is 6. The zero-order chi connectivity index (χ0) is 21.4. The number of fused-ring (bicyclic) bond motifs is 1. The molecule has 0 fully saturated rings. The number of rotatable bonds is 4. The lowest BCUT2D eigenvalue weighted by atomic mass is 9.84. The van der Waals surface area contributed by atoms with E-state index in [2.05, 4.69) is 11.2 Å². The third-order valence-corrected chi connectivity index (χ3v) is 5.14. The second kappa shape index (κ2) is 7.65. The normalized spacial score (nSPS) is 15.3. The maximum atomic E-state index is 10.1. The summed E-state index contributed by atoms with van der Waals surface area (Å²) in [4.78, 5) is 0. The molecule has 0 spiro atoms. The molecule has 30 heavy (non-hydrogen) atoms. The predicted molar refractivity (Wildman–Crippen MR) is 112 cm³/mol. The number of nitrogens with zero attached hydrogens (tertiary/aromatic N) is 3. The quantitative estimate of drug-likeness (QED) is 0.653. The van der Waals surface area contributed by atoms with Crippen LogP contribution in [0, 0.1) is 18.3 Å². The number of halogens is 1. The van der Waals surface area contributed by atoms with Gasteiger partial charge in [-0.25, -0.2) is 4.68 Å². The Morgan fingerprint density at radius 2 is 2.13 bits per heavy atom. The minimum absolute atomic E-state index is 0.00390. The van der Waals surface area contributed by atoms with Crippen molar-refractivity contribution in [3.63, 3.8) is 0 Å². The Labute approximate surface area is 178 Å². The van der Waals surface area contributed by atoms with Gasteiger partial charge in [-0.1, -0.05) is 23.7 Å². The van der Waals surface area contributed by atoms with Gasteiger partial charge in [0, 0.05) is 5.02 Å². The van der Waals surface area contributed by atoms with Crippen LogP contribution in [0.1, 0.15) is 29.7 Å². The summed E-state index contributed by atoms with van der Waals surface area (Å²) in [5, 5.41) is 25.1. The van der Waals surface area contributed by atoms with E-state index in [4.69, 9.17) is 26.8 Å². The van der Waals surface area contributed by atoms with Crippen LogP contribution in [0.3, 0.4) is 0 Å². The zero-order valence-corrected chi connectivity index (χ0v) is 17.1. The molecule has 8 heteroatoms. The minimum atomic E-state index is -0.522. The molecule has 152 valence electrons. The third kappa shape index (κ3) is 3.21. The van der Waals surface area contributed by atoms with Crippen molar-refractivity contribution in [1.29, 1.82) is 5.26 Å². The van der Waals surface area contributed by atoms with E-state index >= 15 is 0 Å². The van der Waals surface area contributed by atoms with Crippen LogP contribution in [0.4, 0.5) is 0 Å². The molecule has 1 unspecified atom stereocenters. The van der Waals surface area contributed by atoms with Gasteiger partial charge in [0.05, 0.1) is 29.5 Å². The van der Waals surface area contributed by atoms with Crippen molar-refractivity contribution >= 4 is 11.6 Å². The molecule has 4 rings (SSSR count). The van der Waals surface area contributed by atoms with E-state index in [1.165, 1.54) is 6.07 Å². The van der Waals surface area contributed by atoms with Crippen LogP contribution in [-0.4, -0.2) is 21.5 Å². The summed E-state index contributed by atoms with van der Waals surface area (Å²) in [6.45, 7) is 4.07. The topological polar surface area (TPSA) is 106 Å². The molecule has 7 nitrogen and oxygen atoms in total. The number of allylic oxidation sites excluding steroid dienone is 1. The number of benzene rings is 2. The van der Waals surface area contributed by atoms with Gasteiger partial charge in [-0.3, -0.25) is 0 Å². The number of aromatic hydroxyl groups is 1. The number of nitriles is 1. The molecule has 0 radical (unpaired) electrons. The molecule has 3 N–H and O–H groups in total. The second-order valence-corrected chi connectivity index (χ2v) is 7.22. The summed E-state index contributed by atoms with van der Waals surface area (Å²) in [6.07, 6.45) is 0. The monoisotopic (exact) mass is 422 g/mol. The molecule has 0 aliphatic carbocycles. The van der Waals surface area contributed by atoms with Crippen LogP contribution in [0.25, 0.3) is 5.69 Å². The third-order valence-electron chi connectivity index (χ3n) is 4.90. The van der Waals surface area contributed by atoms with Gasteiger partial charge >= 0.3 is 0 Å². The average molecular weight is 423 g/mol. The van der Waals surface area contributed by atoms with E-state index < -0.39 is 5.92 Å². The predicted octanol–water partition coefficient (Wildman–Crippen LogP) is 4.16. The Bertz CT molecular complexity index is 1210. The molecule has 0 saturated heterocycles. The summed E-state index contributed by atoms with van der Waals surface area (Å²) in [5.41, 5.74) is 9.24. The number of nitrogens with two attached hydrogens (primary N) is 1. The molecule has 2 heterocycles. The smallest absolute Gasteiger partial charge is 0.229 e. The van der Waals surface area contributed by atoms with E-state index in [-0.39, 0.29) is 17.2 Å². The highest BCUT2D eigenvalue weighted by Gasteiger charge is 2.36. The van der Waals surface area contributed by atoms with Gasteiger partial charge in [0.15, 0.2) is 11.5 Å². The molecule has 2 aromatic carbocycles. The Morgan fingerprint density at radius 1 is 1.33 bits per heavy atom. The number of aromatic nitrogens is 2. The minimum Gasteiger partial charge on any atom is -0.504 e. The summed E-state index contributed by atoms with van der Waals surface area (Å²) in [6, 6.07) is 14.3. The molecule has 1 aliphatic rings. The molecule has 0 amide bonds. The molecule has 1 aliphatic heterocycles. The largest absolute Gasteiger partial charge is 0.504 e. The standard InChI is InChI=1S/C22H19ClN4O3/c1-3-29-18-9-13(7-8-17(18)28)20-16(11-24)21(25)30-22-19(20)12(2)26-27(22)15-6-4-5-14(23)10-15/h4-10,20,28H,3,25H2,1-2H3. The molecule has 3 aromatic rings. The summed E-state index contributed by atoms with van der Waals surface area (Å²) >= 11 is 6.15. The maximum Gasteiger partial charge on any atom is 0.229 e. The highest BCUT2D eigenvalue weighted by molar-refractivity contribution is 6.30. The van der Waals surface area contributed by atoms with Crippen LogP contribution in [0.2, 0.25) is 5.02 Å². The van der Waals surface area contributed by atoms with E-state index in [0.717, 1.165) is 5.56 Å². The lowest BCUT2D eigenvalue weighted by molar-refractivity contribution is 0.317. The van der Waals surface area contributed by atoms with Gasteiger partial charge in [-0.15, -0.1) is 0 Å². The first-order valence-corrected chi connectivity index (χ1v) is 9.71. The highest BCUT2D eigenvalue weighted by Crippen LogP contribution is 2.46. The lowest BCUT2D eigenvalue weighted by Gasteiger charge is -2.25. The fourth-order valence-electron chi connectivity index (χ4n) is 3.61. The van der Waals surface area contributed by atoms with E-state index in [1.807, 2.05) is 26.0 Å². The fraction of sp³-hybridized carbons (Fsp3) is 0.182. The van der Waals surface area contributed by atoms with Gasteiger partial charge in [0.25, 0.3) is 0 Å². The molecule has 1 aromatic heterocycles. The fourth-order valence-corrected chi connectivity index (χ4v) is 3.80. The molecular formula is C22H19ClN4O3. The summed E-state index contributed by atoms with van der Waals surface area (Å²) in [5.74, 6) is 0.256. The van der Waals surface area contributed by atoms with Crippen LogP contribution in [0.15, 0.2) is 53.9 Å². The molecule has 0 saturated carbocycles. The molecule has 0 bridgehead atoms. The van der Waals surface area contributed by atoms with Crippen LogP contribution < -0.4 is 15.2 Å². The average Bonchev–Trinajstić information content (AvgIpc) is 3.05. The Kier molecular flexibility index (Phi) is 5.02. The van der Waals surface area contributed by atoms with Crippen molar-refractivity contribution < 1.29 is 14.6 Å².